The lowest BCUT2D eigenvalue weighted by Gasteiger charge is -1.98. The molecule has 0 aliphatic carbocycles. The fraction of sp³-hybridized carbons (Fsp3) is 0. The summed E-state index contributed by atoms with van der Waals surface area (Å²) >= 11 is 0. The predicted octanol–water partition coefficient (Wildman–Crippen LogP) is 2.23. The molecule has 0 spiro atoms. The van der Waals surface area contributed by atoms with Crippen LogP contribution in [0.3, 0.4) is 0 Å². The second kappa shape index (κ2) is 3.38. The van der Waals surface area contributed by atoms with Gasteiger partial charge < -0.3 is 4.55 Å². The quantitative estimate of drug-likeness (QED) is 0.632. The van der Waals surface area contributed by atoms with Crippen LogP contribution in [0.2, 0.25) is 0 Å². The number of benzene rings is 1. The second-order valence-corrected chi connectivity index (χ2v) is 3.59. The molecule has 1 nitrogen and oxygen atoms in total. The van der Waals surface area contributed by atoms with Gasteiger partial charge in [-0.05, 0) is 0 Å². The van der Waals surface area contributed by atoms with Gasteiger partial charge in [0.15, 0.2) is 15.6 Å². The molecule has 1 atom stereocenters. The van der Waals surface area contributed by atoms with E-state index in [1.54, 1.807) is 0 Å². The summed E-state index contributed by atoms with van der Waals surface area (Å²) in [5.41, 5.74) is 0. The molecule has 11 heavy (non-hydrogen) atoms. The first-order valence-corrected chi connectivity index (χ1v) is 4.61. The number of halogens is 3. The van der Waals surface area contributed by atoms with E-state index in [2.05, 4.69) is 0 Å². The minimum absolute atomic E-state index is 0.0656. The Labute approximate surface area is 69.7 Å². The lowest BCUT2D eigenvalue weighted by Crippen LogP contribution is -1.92. The van der Waals surface area contributed by atoms with Gasteiger partial charge in [0.2, 0.25) is 0 Å². The maximum absolute atomic E-state index is 12.4. The Morgan fingerprint density at radius 2 is 1.64 bits per heavy atom. The third-order valence-corrected chi connectivity index (χ3v) is 2.16. The molecule has 5 heteroatoms. The van der Waals surface area contributed by atoms with E-state index in [-0.39, 0.29) is 4.90 Å². The molecule has 0 amide bonds. The zero-order valence-electron chi connectivity index (χ0n) is 5.18. The van der Waals surface area contributed by atoms with Crippen LogP contribution in [0.4, 0.5) is 8.78 Å². The van der Waals surface area contributed by atoms with Crippen molar-refractivity contribution in [2.24, 2.45) is 0 Å². The molecular formula is C6H3ClF2OS. The summed E-state index contributed by atoms with van der Waals surface area (Å²) in [5, 5.41) is 0. The van der Waals surface area contributed by atoms with Gasteiger partial charge in [-0.2, -0.15) is 0 Å². The summed E-state index contributed by atoms with van der Waals surface area (Å²) in [6, 6.07) is 2.53. The van der Waals surface area contributed by atoms with Crippen molar-refractivity contribution in [1.29, 1.82) is 0 Å². The standard InChI is InChI=1S/C6H3ClF2OS/c7-11(10)6-2-4(8)1-5(9)3-6/h1-3H. The summed E-state index contributed by atoms with van der Waals surface area (Å²) in [4.78, 5) is -0.0656. The SMILES string of the molecule is [O-][S+](Cl)c1cc(F)cc(F)c1. The first kappa shape index (κ1) is 8.77. The minimum atomic E-state index is -1.86. The first-order valence-electron chi connectivity index (χ1n) is 2.64. The highest BCUT2D eigenvalue weighted by molar-refractivity contribution is 8.13. The van der Waals surface area contributed by atoms with E-state index in [9.17, 15) is 13.3 Å². The van der Waals surface area contributed by atoms with Crippen molar-refractivity contribution < 1.29 is 13.3 Å². The summed E-state index contributed by atoms with van der Waals surface area (Å²) < 4.78 is 35.2. The molecule has 1 aromatic carbocycles. The van der Waals surface area contributed by atoms with Crippen LogP contribution in [-0.4, -0.2) is 4.55 Å². The molecule has 0 bridgehead atoms. The first-order chi connectivity index (χ1) is 5.09. The summed E-state index contributed by atoms with van der Waals surface area (Å²) in [7, 11) is 3.23. The van der Waals surface area contributed by atoms with Crippen molar-refractivity contribution in [3.05, 3.63) is 29.8 Å². The van der Waals surface area contributed by atoms with Crippen LogP contribution in [-0.2, 0) is 10.4 Å². The third-order valence-electron chi connectivity index (χ3n) is 1.02. The molecule has 0 aromatic heterocycles. The Kier molecular flexibility index (Phi) is 2.70. The highest BCUT2D eigenvalue weighted by Crippen LogP contribution is 2.17. The van der Waals surface area contributed by atoms with Crippen molar-refractivity contribution >= 4 is 21.1 Å². The molecule has 60 valence electrons. The van der Waals surface area contributed by atoms with Crippen molar-refractivity contribution in [2.45, 2.75) is 4.90 Å². The van der Waals surface area contributed by atoms with Crippen molar-refractivity contribution in [3.8, 4) is 0 Å². The van der Waals surface area contributed by atoms with E-state index in [4.69, 9.17) is 10.7 Å². The van der Waals surface area contributed by atoms with Crippen LogP contribution in [0, 0.1) is 11.6 Å². The zero-order chi connectivity index (χ0) is 8.43. The molecule has 0 heterocycles. The lowest BCUT2D eigenvalue weighted by atomic mass is 10.3. The maximum Gasteiger partial charge on any atom is 0.181 e. The molecule has 1 aromatic rings. The van der Waals surface area contributed by atoms with Gasteiger partial charge >= 0.3 is 0 Å². The van der Waals surface area contributed by atoms with Gasteiger partial charge in [-0.3, -0.25) is 0 Å². The molecule has 0 N–H and O–H groups in total. The highest BCUT2D eigenvalue weighted by Gasteiger charge is 2.10. The smallest absolute Gasteiger partial charge is 0.181 e. The molecule has 0 saturated carbocycles. The van der Waals surface area contributed by atoms with E-state index in [0.717, 1.165) is 12.1 Å². The fourth-order valence-electron chi connectivity index (χ4n) is 0.621. The van der Waals surface area contributed by atoms with Crippen LogP contribution in [0.1, 0.15) is 0 Å². The van der Waals surface area contributed by atoms with Crippen LogP contribution >= 0.6 is 10.7 Å². The summed E-state index contributed by atoms with van der Waals surface area (Å²) in [5.74, 6) is -1.57. The fourth-order valence-corrected chi connectivity index (χ4v) is 1.30. The molecular weight excluding hydrogens is 194 g/mol. The van der Waals surface area contributed by atoms with Gasteiger partial charge in [-0.15, -0.1) is 0 Å². The van der Waals surface area contributed by atoms with E-state index in [1.165, 1.54) is 0 Å². The normalized spacial score (nSPS) is 13.1. The van der Waals surface area contributed by atoms with E-state index < -0.39 is 22.0 Å². The van der Waals surface area contributed by atoms with Crippen molar-refractivity contribution in [1.82, 2.24) is 0 Å². The zero-order valence-corrected chi connectivity index (χ0v) is 6.75. The Hall–Kier alpha value is -0.320. The largest absolute Gasteiger partial charge is 0.594 e. The molecule has 0 aliphatic heterocycles. The number of hydrogen-bond acceptors (Lipinski definition) is 1. The summed E-state index contributed by atoms with van der Waals surface area (Å²) in [6.07, 6.45) is 0. The van der Waals surface area contributed by atoms with Crippen LogP contribution in [0.25, 0.3) is 0 Å². The monoisotopic (exact) mass is 196 g/mol. The predicted molar refractivity (Wildman–Crippen MR) is 38.6 cm³/mol. The van der Waals surface area contributed by atoms with Gasteiger partial charge in [0.05, 0.1) is 0 Å². The van der Waals surface area contributed by atoms with E-state index >= 15 is 0 Å². The molecule has 0 saturated heterocycles. The molecule has 1 rings (SSSR count). The average Bonchev–Trinajstić information content (AvgIpc) is 1.85. The minimum Gasteiger partial charge on any atom is -0.594 e. The van der Waals surface area contributed by atoms with E-state index in [0.29, 0.717) is 6.07 Å². The molecule has 1 unspecified atom stereocenters. The van der Waals surface area contributed by atoms with Gasteiger partial charge in [0.25, 0.3) is 0 Å². The topological polar surface area (TPSA) is 23.1 Å². The average molecular weight is 197 g/mol. The molecule has 0 fully saturated rings. The van der Waals surface area contributed by atoms with Gasteiger partial charge in [-0.25, -0.2) is 8.78 Å². The highest BCUT2D eigenvalue weighted by atomic mass is 35.7. The van der Waals surface area contributed by atoms with Crippen LogP contribution in [0.15, 0.2) is 23.1 Å². The lowest BCUT2D eigenvalue weighted by molar-refractivity contribution is 0.570. The Balaban J connectivity index is 3.08. The van der Waals surface area contributed by atoms with Crippen LogP contribution in [0.5, 0.6) is 0 Å². The Morgan fingerprint density at radius 1 is 1.18 bits per heavy atom. The number of rotatable bonds is 1. The Bertz CT molecular complexity index is 247. The van der Waals surface area contributed by atoms with Gasteiger partial charge in [0.1, 0.15) is 22.0 Å². The van der Waals surface area contributed by atoms with Crippen LogP contribution < -0.4 is 0 Å². The maximum atomic E-state index is 12.4. The molecule has 0 radical (unpaired) electrons. The number of hydrogen-bond donors (Lipinski definition) is 0. The van der Waals surface area contributed by atoms with Gasteiger partial charge in [0, 0.05) is 18.2 Å². The van der Waals surface area contributed by atoms with Crippen molar-refractivity contribution in [2.75, 3.05) is 0 Å². The molecule has 0 aliphatic rings. The third kappa shape index (κ3) is 2.32. The van der Waals surface area contributed by atoms with Gasteiger partial charge in [-0.1, -0.05) is 0 Å². The Morgan fingerprint density at radius 3 is 2.00 bits per heavy atom. The summed E-state index contributed by atoms with van der Waals surface area (Å²) in [6.45, 7) is 0. The van der Waals surface area contributed by atoms with Crippen molar-refractivity contribution in [3.63, 3.8) is 0 Å². The van der Waals surface area contributed by atoms with E-state index in [1.807, 2.05) is 0 Å². The second-order valence-electron chi connectivity index (χ2n) is 1.83.